The van der Waals surface area contributed by atoms with E-state index in [0.717, 1.165) is 17.8 Å². The quantitative estimate of drug-likeness (QED) is 0.477. The number of hydrogen-bond donors (Lipinski definition) is 0. The summed E-state index contributed by atoms with van der Waals surface area (Å²) < 4.78 is 0. The molecule has 1 fully saturated rings. The molecule has 0 aromatic rings. The SMILES string of the molecule is CCC.CCC1=C(C)C2CCC(C)(CC)C(C)C2CC1. The van der Waals surface area contributed by atoms with Gasteiger partial charge in [-0.05, 0) is 62.2 Å². The monoisotopic (exact) mass is 278 g/mol. The molecular formula is C20H38. The summed E-state index contributed by atoms with van der Waals surface area (Å²) in [6.45, 7) is 16.5. The number of hydrogen-bond acceptors (Lipinski definition) is 0. The molecule has 0 aliphatic heterocycles. The molecule has 2 aliphatic carbocycles. The topological polar surface area (TPSA) is 0 Å². The first-order valence-electron chi connectivity index (χ1n) is 9.13. The molecule has 0 bridgehead atoms. The van der Waals surface area contributed by atoms with Crippen LogP contribution in [0, 0.1) is 23.2 Å². The van der Waals surface area contributed by atoms with E-state index < -0.39 is 0 Å². The minimum atomic E-state index is 0.616. The first-order chi connectivity index (χ1) is 9.45. The van der Waals surface area contributed by atoms with Crippen molar-refractivity contribution in [3.63, 3.8) is 0 Å². The third-order valence-corrected chi connectivity index (χ3v) is 6.41. The maximum Gasteiger partial charge on any atom is -0.0172 e. The zero-order chi connectivity index (χ0) is 15.3. The fraction of sp³-hybridized carbons (Fsp3) is 0.900. The van der Waals surface area contributed by atoms with E-state index in [1.165, 1.54) is 44.9 Å². The molecule has 0 heteroatoms. The van der Waals surface area contributed by atoms with Crippen molar-refractivity contribution in [1.82, 2.24) is 0 Å². The zero-order valence-corrected chi connectivity index (χ0v) is 15.2. The Labute approximate surface area is 128 Å². The molecule has 0 radical (unpaired) electrons. The third-order valence-electron chi connectivity index (χ3n) is 6.41. The first-order valence-corrected chi connectivity index (χ1v) is 9.13. The van der Waals surface area contributed by atoms with Gasteiger partial charge in [0.1, 0.15) is 0 Å². The van der Waals surface area contributed by atoms with E-state index in [1.807, 2.05) is 0 Å². The average molecular weight is 279 g/mol. The van der Waals surface area contributed by atoms with Crippen molar-refractivity contribution in [3.05, 3.63) is 11.1 Å². The second-order valence-corrected chi connectivity index (χ2v) is 7.49. The molecule has 1 saturated carbocycles. The summed E-state index contributed by atoms with van der Waals surface area (Å²) in [4.78, 5) is 0. The summed E-state index contributed by atoms with van der Waals surface area (Å²) in [5, 5.41) is 0. The molecule has 0 aromatic heterocycles. The van der Waals surface area contributed by atoms with Crippen LogP contribution in [-0.2, 0) is 0 Å². The Kier molecular flexibility index (Phi) is 6.82. The maximum atomic E-state index is 2.53. The molecule has 2 aliphatic rings. The Morgan fingerprint density at radius 3 is 2.20 bits per heavy atom. The van der Waals surface area contributed by atoms with Gasteiger partial charge in [0.05, 0.1) is 0 Å². The van der Waals surface area contributed by atoms with Gasteiger partial charge in [0.25, 0.3) is 0 Å². The van der Waals surface area contributed by atoms with Gasteiger partial charge in [-0.1, -0.05) is 65.5 Å². The van der Waals surface area contributed by atoms with Gasteiger partial charge in [-0.3, -0.25) is 0 Å². The molecule has 20 heavy (non-hydrogen) atoms. The molecular weight excluding hydrogens is 240 g/mol. The van der Waals surface area contributed by atoms with Crippen molar-refractivity contribution < 1.29 is 0 Å². The predicted molar refractivity (Wildman–Crippen MR) is 92.0 cm³/mol. The van der Waals surface area contributed by atoms with Crippen molar-refractivity contribution in [2.45, 2.75) is 93.4 Å². The van der Waals surface area contributed by atoms with Gasteiger partial charge in [0.15, 0.2) is 0 Å². The largest absolute Gasteiger partial charge is 0.0713 e. The fourth-order valence-corrected chi connectivity index (χ4v) is 4.54. The summed E-state index contributed by atoms with van der Waals surface area (Å²) >= 11 is 0. The Bertz CT molecular complexity index is 325. The van der Waals surface area contributed by atoms with E-state index in [0.29, 0.717) is 5.41 Å². The van der Waals surface area contributed by atoms with Crippen LogP contribution >= 0.6 is 0 Å². The molecule has 2 rings (SSSR count). The molecule has 0 spiro atoms. The van der Waals surface area contributed by atoms with Gasteiger partial charge in [-0.25, -0.2) is 0 Å². The van der Waals surface area contributed by atoms with Crippen LogP contribution < -0.4 is 0 Å². The highest BCUT2D eigenvalue weighted by Crippen LogP contribution is 2.54. The van der Waals surface area contributed by atoms with Crippen LogP contribution in [0.4, 0.5) is 0 Å². The van der Waals surface area contributed by atoms with Crippen LogP contribution in [0.1, 0.15) is 93.4 Å². The molecule has 0 amide bonds. The molecule has 4 atom stereocenters. The van der Waals surface area contributed by atoms with E-state index >= 15 is 0 Å². The average Bonchev–Trinajstić information content (AvgIpc) is 2.44. The van der Waals surface area contributed by atoms with E-state index in [9.17, 15) is 0 Å². The Hall–Kier alpha value is -0.260. The van der Waals surface area contributed by atoms with Crippen molar-refractivity contribution in [2.75, 3.05) is 0 Å². The lowest BCUT2D eigenvalue weighted by atomic mass is 9.54. The van der Waals surface area contributed by atoms with E-state index in [-0.39, 0.29) is 0 Å². The lowest BCUT2D eigenvalue weighted by molar-refractivity contribution is 0.0265. The summed E-state index contributed by atoms with van der Waals surface area (Å²) in [7, 11) is 0. The molecule has 4 unspecified atom stereocenters. The molecule has 118 valence electrons. The van der Waals surface area contributed by atoms with E-state index in [1.54, 1.807) is 11.1 Å². The second kappa shape index (κ2) is 7.66. The van der Waals surface area contributed by atoms with E-state index in [4.69, 9.17) is 0 Å². The predicted octanol–water partition coefficient (Wildman–Crippen LogP) is 7.00. The normalized spacial score (nSPS) is 37.0. The van der Waals surface area contributed by atoms with Crippen molar-refractivity contribution in [1.29, 1.82) is 0 Å². The molecule has 0 saturated heterocycles. The van der Waals surface area contributed by atoms with Crippen molar-refractivity contribution in [2.24, 2.45) is 23.2 Å². The Balaban J connectivity index is 0.000000612. The van der Waals surface area contributed by atoms with Gasteiger partial charge < -0.3 is 0 Å². The van der Waals surface area contributed by atoms with Gasteiger partial charge >= 0.3 is 0 Å². The smallest absolute Gasteiger partial charge is 0.0172 e. The minimum Gasteiger partial charge on any atom is -0.0713 e. The highest BCUT2D eigenvalue weighted by Gasteiger charge is 2.44. The van der Waals surface area contributed by atoms with Crippen LogP contribution in [0.15, 0.2) is 11.1 Å². The molecule has 0 nitrogen and oxygen atoms in total. The highest BCUT2D eigenvalue weighted by atomic mass is 14.5. The summed E-state index contributed by atoms with van der Waals surface area (Å²) in [6, 6.07) is 0. The Morgan fingerprint density at radius 2 is 1.70 bits per heavy atom. The van der Waals surface area contributed by atoms with Crippen molar-refractivity contribution in [3.8, 4) is 0 Å². The van der Waals surface area contributed by atoms with Gasteiger partial charge in [-0.2, -0.15) is 0 Å². The number of allylic oxidation sites excluding steroid dienone is 2. The molecule has 0 heterocycles. The summed E-state index contributed by atoms with van der Waals surface area (Å²) in [5.41, 5.74) is 4.16. The van der Waals surface area contributed by atoms with Crippen molar-refractivity contribution >= 4 is 0 Å². The zero-order valence-electron chi connectivity index (χ0n) is 15.2. The minimum absolute atomic E-state index is 0.616. The van der Waals surface area contributed by atoms with Gasteiger partial charge in [-0.15, -0.1) is 0 Å². The third kappa shape index (κ3) is 3.49. The number of rotatable bonds is 2. The standard InChI is InChI=1S/C17H30.C3H8/c1-6-14-8-9-16-13(4)17(5,7-2)11-10-15(16)12(14)3;1-3-2/h13,15-16H,6-11H2,1-5H3;3H2,1-2H3. The van der Waals surface area contributed by atoms with Gasteiger partial charge in [0, 0.05) is 0 Å². The summed E-state index contributed by atoms with van der Waals surface area (Å²) in [6.07, 6.45) is 9.64. The Morgan fingerprint density at radius 1 is 1.10 bits per heavy atom. The first kappa shape index (κ1) is 17.8. The van der Waals surface area contributed by atoms with Crippen LogP contribution in [0.25, 0.3) is 0 Å². The summed E-state index contributed by atoms with van der Waals surface area (Å²) in [5.74, 6) is 2.82. The fourth-order valence-electron chi connectivity index (χ4n) is 4.54. The lowest BCUT2D eigenvalue weighted by Crippen LogP contribution is -2.41. The van der Waals surface area contributed by atoms with Gasteiger partial charge in [0.2, 0.25) is 0 Å². The number of fused-ring (bicyclic) bond motifs is 1. The van der Waals surface area contributed by atoms with Crippen LogP contribution in [0.5, 0.6) is 0 Å². The maximum absolute atomic E-state index is 2.53. The van der Waals surface area contributed by atoms with E-state index in [2.05, 4.69) is 48.5 Å². The van der Waals surface area contributed by atoms with Crippen LogP contribution in [0.3, 0.4) is 0 Å². The lowest BCUT2D eigenvalue weighted by Gasteiger charge is -2.51. The highest BCUT2D eigenvalue weighted by molar-refractivity contribution is 5.21. The van der Waals surface area contributed by atoms with Crippen LogP contribution in [-0.4, -0.2) is 0 Å². The molecule has 0 N–H and O–H groups in total. The molecule has 0 aromatic carbocycles. The second-order valence-electron chi connectivity index (χ2n) is 7.49. The van der Waals surface area contributed by atoms with Crippen LogP contribution in [0.2, 0.25) is 0 Å².